The van der Waals surface area contributed by atoms with E-state index in [-0.39, 0.29) is 23.9 Å². The maximum atomic E-state index is 13.6. The molecule has 16 heteroatoms. The van der Waals surface area contributed by atoms with E-state index in [2.05, 4.69) is 5.32 Å². The Kier molecular flexibility index (Phi) is 12.9. The molecule has 3 unspecified atom stereocenters. The highest BCUT2D eigenvalue weighted by molar-refractivity contribution is 7.91. The third-order valence-electron chi connectivity index (χ3n) is 6.78. The molecule has 1 heterocycles. The van der Waals surface area contributed by atoms with E-state index in [4.69, 9.17) is 39.6 Å². The van der Waals surface area contributed by atoms with Gasteiger partial charge >= 0.3 is 25.6 Å². The van der Waals surface area contributed by atoms with Crippen molar-refractivity contribution in [2.24, 2.45) is 5.41 Å². The topological polar surface area (TPSA) is 170 Å². The summed E-state index contributed by atoms with van der Waals surface area (Å²) in [5.74, 6) is -1.24. The molecule has 0 aliphatic carbocycles. The molecule has 0 aromatic heterocycles. The predicted octanol–water partition coefficient (Wildman–Crippen LogP) is 5.32. The van der Waals surface area contributed by atoms with Crippen LogP contribution in [0.15, 0.2) is 53.4 Å². The van der Waals surface area contributed by atoms with Crippen molar-refractivity contribution in [2.75, 3.05) is 19.0 Å². The molecule has 2 aromatic rings. The van der Waals surface area contributed by atoms with Crippen molar-refractivity contribution >= 4 is 47.1 Å². The summed E-state index contributed by atoms with van der Waals surface area (Å²) in [6, 6.07) is 11.0. The fourth-order valence-electron chi connectivity index (χ4n) is 4.48. The Morgan fingerprint density at radius 1 is 1.04 bits per heavy atom. The molecule has 2 aromatic carbocycles. The average molecular weight is 718 g/mol. The fourth-order valence-corrected chi connectivity index (χ4v) is 7.29. The summed E-state index contributed by atoms with van der Waals surface area (Å²) in [6.07, 6.45) is -4.87. The number of esters is 2. The van der Waals surface area contributed by atoms with Crippen LogP contribution in [0.25, 0.3) is 0 Å². The number of ether oxygens (including phenoxy) is 4. The molecule has 1 saturated heterocycles. The van der Waals surface area contributed by atoms with Gasteiger partial charge in [-0.05, 0) is 76.6 Å². The van der Waals surface area contributed by atoms with E-state index >= 15 is 0 Å². The molecule has 1 amide bonds. The first-order valence-electron chi connectivity index (χ1n) is 14.7. The summed E-state index contributed by atoms with van der Waals surface area (Å²) >= 11 is 5.86. The van der Waals surface area contributed by atoms with Crippen LogP contribution < -0.4 is 9.84 Å². The van der Waals surface area contributed by atoms with Crippen molar-refractivity contribution in [2.45, 2.75) is 83.5 Å². The van der Waals surface area contributed by atoms with Crippen LogP contribution in [0.5, 0.6) is 5.75 Å². The lowest BCUT2D eigenvalue weighted by atomic mass is 9.97. The van der Waals surface area contributed by atoms with Crippen LogP contribution in [0.4, 0.5) is 4.79 Å². The molecule has 0 spiro atoms. The zero-order chi connectivity index (χ0) is 35.2. The van der Waals surface area contributed by atoms with Gasteiger partial charge in [-0.2, -0.15) is 0 Å². The van der Waals surface area contributed by atoms with E-state index in [0.717, 1.165) is 0 Å². The Morgan fingerprint density at radius 3 is 2.23 bits per heavy atom. The second-order valence-corrected chi connectivity index (χ2v) is 16.6. The molecule has 1 aliphatic heterocycles. The zero-order valence-electron chi connectivity index (χ0n) is 27.3. The molecule has 0 bridgehead atoms. The van der Waals surface area contributed by atoms with E-state index < -0.39 is 77.1 Å². The summed E-state index contributed by atoms with van der Waals surface area (Å²) in [5.41, 5.74) is -0.133. The van der Waals surface area contributed by atoms with Crippen molar-refractivity contribution in [1.82, 2.24) is 5.32 Å². The van der Waals surface area contributed by atoms with Gasteiger partial charge in [-0.1, -0.05) is 23.7 Å². The van der Waals surface area contributed by atoms with Crippen LogP contribution in [0.1, 0.15) is 47.1 Å². The molecule has 1 aliphatic rings. The lowest BCUT2D eigenvalue weighted by molar-refractivity contribution is -0.158. The average Bonchev–Trinajstić information content (AvgIpc) is 3.22. The highest BCUT2D eigenvalue weighted by atomic mass is 35.5. The number of nitrogens with one attached hydrogen (secondary N) is 1. The minimum absolute atomic E-state index is 0.0226. The third-order valence-corrected chi connectivity index (χ3v) is 10.1. The highest BCUT2D eigenvalue weighted by Crippen LogP contribution is 2.48. The summed E-state index contributed by atoms with van der Waals surface area (Å²) in [6.45, 7) is 10.4. The molecule has 260 valence electrons. The Labute approximate surface area is 280 Å². The molecule has 6 atom stereocenters. The second-order valence-electron chi connectivity index (χ2n) is 12.2. The Balaban J connectivity index is 1.73. The minimum Gasteiger partial charge on any atom is -0.462 e. The number of carbonyl (C=O) groups excluding carboxylic acids is 3. The summed E-state index contributed by atoms with van der Waals surface area (Å²) in [5, 5.41) is 3.00. The highest BCUT2D eigenvalue weighted by Gasteiger charge is 2.48. The van der Waals surface area contributed by atoms with Crippen LogP contribution in [-0.4, -0.2) is 75.9 Å². The monoisotopic (exact) mass is 717 g/mol. The van der Waals surface area contributed by atoms with Crippen LogP contribution in [0, 0.1) is 5.41 Å². The molecule has 1 N–H and O–H groups in total. The lowest BCUT2D eigenvalue weighted by Crippen LogP contribution is -2.49. The lowest BCUT2D eigenvalue weighted by Gasteiger charge is -2.28. The SMILES string of the molecule is CC(=O)OCc1ccc(OP(C)(=O)OC2[C@@H](COC(=O)C(C)(C)C)O[C@@H](C)[C@H]2NC(=O)OC(C)CS(=O)(=O)c2ccc(Cl)cc2)cc1. The number of carbonyl (C=O) groups is 3. The van der Waals surface area contributed by atoms with Crippen LogP contribution in [-0.2, 0) is 54.1 Å². The van der Waals surface area contributed by atoms with E-state index in [1.807, 2.05) is 0 Å². The number of hydrogen-bond donors (Lipinski definition) is 1. The van der Waals surface area contributed by atoms with Crippen LogP contribution >= 0.6 is 19.2 Å². The molecule has 1 fully saturated rings. The molecule has 13 nitrogen and oxygen atoms in total. The van der Waals surface area contributed by atoms with Gasteiger partial charge in [0.1, 0.15) is 37.3 Å². The van der Waals surface area contributed by atoms with E-state index in [0.29, 0.717) is 10.6 Å². The van der Waals surface area contributed by atoms with Crippen molar-refractivity contribution in [3.63, 3.8) is 0 Å². The zero-order valence-corrected chi connectivity index (χ0v) is 29.7. The predicted molar refractivity (Wildman–Crippen MR) is 172 cm³/mol. The van der Waals surface area contributed by atoms with Crippen molar-refractivity contribution in [1.29, 1.82) is 0 Å². The van der Waals surface area contributed by atoms with Crippen molar-refractivity contribution < 1.29 is 55.4 Å². The van der Waals surface area contributed by atoms with E-state index in [1.165, 1.54) is 56.9 Å². The van der Waals surface area contributed by atoms with Gasteiger partial charge in [-0.3, -0.25) is 14.1 Å². The van der Waals surface area contributed by atoms with Crippen LogP contribution in [0.3, 0.4) is 0 Å². The summed E-state index contributed by atoms with van der Waals surface area (Å²) in [7, 11) is -7.72. The minimum atomic E-state index is -3.91. The standard InChI is InChI=1S/C31H41ClNO12PS/c1-19(18-47(38,39)25-14-10-23(32)11-15-25)42-30(36)33-27-20(2)43-26(17-41-29(35)31(4,5)6)28(27)45-46(7,37)44-24-12-8-22(9-13-24)16-40-21(3)34/h8-15,19-20,26-28H,16-18H2,1-7H3,(H,33,36)/t19?,20-,26+,27+,28?,46?/m0/s1. The number of rotatable bonds is 13. The normalized spacial score (nSPS) is 21.6. The van der Waals surface area contributed by atoms with Gasteiger partial charge in [0.2, 0.25) is 0 Å². The number of halogens is 1. The van der Waals surface area contributed by atoms with Crippen LogP contribution in [0.2, 0.25) is 5.02 Å². The number of amides is 1. The Hall–Kier alpha value is -3.16. The molecule has 47 heavy (non-hydrogen) atoms. The molecule has 0 radical (unpaired) electrons. The third kappa shape index (κ3) is 11.8. The van der Waals surface area contributed by atoms with E-state index in [1.54, 1.807) is 39.8 Å². The molecule has 3 rings (SSSR count). The first-order valence-corrected chi connectivity index (χ1v) is 18.7. The van der Waals surface area contributed by atoms with Crippen molar-refractivity contribution in [3.8, 4) is 5.75 Å². The number of alkyl carbamates (subject to hydrolysis) is 1. The summed E-state index contributed by atoms with van der Waals surface area (Å²) < 4.78 is 72.6. The smallest absolute Gasteiger partial charge is 0.407 e. The van der Waals surface area contributed by atoms with Gasteiger partial charge in [0.25, 0.3) is 0 Å². The fraction of sp³-hybridized carbons (Fsp3) is 0.516. The Morgan fingerprint density at radius 2 is 1.66 bits per heavy atom. The number of hydrogen-bond acceptors (Lipinski definition) is 12. The second kappa shape index (κ2) is 15.8. The van der Waals surface area contributed by atoms with E-state index in [9.17, 15) is 27.4 Å². The first kappa shape index (κ1) is 38.3. The van der Waals surface area contributed by atoms with Gasteiger partial charge in [-0.25, -0.2) is 17.8 Å². The summed E-state index contributed by atoms with van der Waals surface area (Å²) in [4.78, 5) is 36.6. The largest absolute Gasteiger partial charge is 0.462 e. The number of sulfone groups is 1. The molecule has 0 saturated carbocycles. The number of benzene rings is 2. The quantitative estimate of drug-likeness (QED) is 0.161. The van der Waals surface area contributed by atoms with Gasteiger partial charge in [0.05, 0.1) is 28.2 Å². The maximum absolute atomic E-state index is 13.6. The van der Waals surface area contributed by atoms with Gasteiger partial charge in [0.15, 0.2) is 9.84 Å². The first-order chi connectivity index (χ1) is 21.8. The maximum Gasteiger partial charge on any atom is 0.407 e. The Bertz CT molecular complexity index is 1560. The molecular formula is C31H41ClNO12PS. The molecular weight excluding hydrogens is 677 g/mol. The van der Waals surface area contributed by atoms with Gasteiger partial charge in [0, 0.05) is 18.6 Å². The van der Waals surface area contributed by atoms with Crippen molar-refractivity contribution in [3.05, 3.63) is 59.1 Å². The van der Waals surface area contributed by atoms with Gasteiger partial charge < -0.3 is 28.8 Å². The van der Waals surface area contributed by atoms with Gasteiger partial charge in [-0.15, -0.1) is 0 Å².